The van der Waals surface area contributed by atoms with Gasteiger partial charge in [-0.15, -0.1) is 0 Å². The van der Waals surface area contributed by atoms with E-state index in [1.807, 2.05) is 0 Å². The number of halogens is 1. The summed E-state index contributed by atoms with van der Waals surface area (Å²) in [6, 6.07) is 9.42. The minimum atomic E-state index is -0.327. The number of carbonyl (C=O) groups is 2. The van der Waals surface area contributed by atoms with Gasteiger partial charge in [0.2, 0.25) is 5.91 Å². The van der Waals surface area contributed by atoms with Crippen molar-refractivity contribution in [2.24, 2.45) is 0 Å². The molecule has 4 rings (SSSR count). The molecule has 2 amide bonds. The molecule has 0 bridgehead atoms. The van der Waals surface area contributed by atoms with Gasteiger partial charge >= 0.3 is 0 Å². The summed E-state index contributed by atoms with van der Waals surface area (Å²) in [5, 5.41) is 2.98. The summed E-state index contributed by atoms with van der Waals surface area (Å²) in [6.45, 7) is 2.96. The molecule has 0 spiro atoms. The summed E-state index contributed by atoms with van der Waals surface area (Å²) < 4.78 is 24.1. The Hall–Kier alpha value is -2.87. The van der Waals surface area contributed by atoms with E-state index < -0.39 is 0 Å². The fraction of sp³-hybridized carbons (Fsp3) is 0.429. The molecule has 154 valence electrons. The maximum atomic E-state index is 12.9. The average molecular weight is 401 g/mol. The Bertz CT molecular complexity index is 855. The number of benzene rings is 1. The summed E-state index contributed by atoms with van der Waals surface area (Å²) in [6.07, 6.45) is 2.15. The monoisotopic (exact) mass is 401 g/mol. The molecular formula is C21H24FN3O4. The van der Waals surface area contributed by atoms with Crippen LogP contribution in [0.15, 0.2) is 40.8 Å². The van der Waals surface area contributed by atoms with E-state index in [0.717, 1.165) is 12.8 Å². The third-order valence-electron chi connectivity index (χ3n) is 5.04. The van der Waals surface area contributed by atoms with Crippen molar-refractivity contribution in [1.82, 2.24) is 15.1 Å². The van der Waals surface area contributed by atoms with Gasteiger partial charge in [0.05, 0.1) is 6.54 Å². The highest BCUT2D eigenvalue weighted by Gasteiger charge is 2.27. The highest BCUT2D eigenvalue weighted by molar-refractivity contribution is 5.91. The van der Waals surface area contributed by atoms with Crippen molar-refractivity contribution in [3.63, 3.8) is 0 Å². The Labute approximate surface area is 168 Å². The SMILES string of the molecule is O=C(CN1CCN(C(=O)c2ccc(COc3ccc(F)cc3)o2)CC1)NC1CC1. The van der Waals surface area contributed by atoms with E-state index >= 15 is 0 Å². The van der Waals surface area contributed by atoms with Gasteiger partial charge < -0.3 is 19.4 Å². The van der Waals surface area contributed by atoms with Crippen LogP contribution in [0.5, 0.6) is 5.75 Å². The molecule has 8 heteroatoms. The van der Waals surface area contributed by atoms with Crippen molar-refractivity contribution in [1.29, 1.82) is 0 Å². The molecule has 1 saturated carbocycles. The number of hydrogen-bond donors (Lipinski definition) is 1. The van der Waals surface area contributed by atoms with Gasteiger partial charge in [-0.25, -0.2) is 4.39 Å². The van der Waals surface area contributed by atoms with E-state index in [1.54, 1.807) is 17.0 Å². The highest BCUT2D eigenvalue weighted by Crippen LogP contribution is 2.19. The highest BCUT2D eigenvalue weighted by atomic mass is 19.1. The second-order valence-corrected chi connectivity index (χ2v) is 7.42. The topological polar surface area (TPSA) is 75.0 Å². The average Bonchev–Trinajstić information content (AvgIpc) is 3.40. The number of piperazine rings is 1. The lowest BCUT2D eigenvalue weighted by Gasteiger charge is -2.33. The molecule has 1 N–H and O–H groups in total. The van der Waals surface area contributed by atoms with Gasteiger partial charge in [0, 0.05) is 32.2 Å². The Morgan fingerprint density at radius 1 is 1.07 bits per heavy atom. The van der Waals surface area contributed by atoms with Crippen molar-refractivity contribution < 1.29 is 23.1 Å². The minimum Gasteiger partial charge on any atom is -0.486 e. The molecule has 0 atom stereocenters. The molecule has 2 aromatic rings. The number of hydrogen-bond acceptors (Lipinski definition) is 5. The lowest BCUT2D eigenvalue weighted by molar-refractivity contribution is -0.122. The van der Waals surface area contributed by atoms with Crippen molar-refractivity contribution in [3.05, 3.63) is 53.7 Å². The van der Waals surface area contributed by atoms with Crippen LogP contribution in [0.4, 0.5) is 4.39 Å². The lowest BCUT2D eigenvalue weighted by Crippen LogP contribution is -2.51. The number of rotatable bonds is 7. The van der Waals surface area contributed by atoms with Crippen LogP contribution in [-0.2, 0) is 11.4 Å². The van der Waals surface area contributed by atoms with Crippen LogP contribution >= 0.6 is 0 Å². The first-order valence-electron chi connectivity index (χ1n) is 9.85. The summed E-state index contributed by atoms with van der Waals surface area (Å²) in [4.78, 5) is 28.4. The molecule has 1 aromatic carbocycles. The molecule has 1 aromatic heterocycles. The maximum Gasteiger partial charge on any atom is 0.289 e. The van der Waals surface area contributed by atoms with Crippen molar-refractivity contribution in [2.75, 3.05) is 32.7 Å². The van der Waals surface area contributed by atoms with Crippen LogP contribution in [0, 0.1) is 5.82 Å². The van der Waals surface area contributed by atoms with Gasteiger partial charge in [-0.2, -0.15) is 0 Å². The number of amides is 2. The van der Waals surface area contributed by atoms with Crippen LogP contribution in [0.3, 0.4) is 0 Å². The molecule has 2 heterocycles. The maximum absolute atomic E-state index is 12.9. The Kier molecular flexibility index (Phi) is 5.80. The Morgan fingerprint density at radius 3 is 2.48 bits per heavy atom. The first kappa shape index (κ1) is 19.4. The predicted molar refractivity (Wildman–Crippen MR) is 103 cm³/mol. The van der Waals surface area contributed by atoms with Gasteiger partial charge in [-0.05, 0) is 49.2 Å². The largest absolute Gasteiger partial charge is 0.486 e. The van der Waals surface area contributed by atoms with Crippen LogP contribution < -0.4 is 10.1 Å². The quantitative estimate of drug-likeness (QED) is 0.769. The van der Waals surface area contributed by atoms with Gasteiger partial charge in [0.15, 0.2) is 5.76 Å². The standard InChI is InChI=1S/C21H24FN3O4/c22-15-1-5-17(6-2-15)28-14-18-7-8-19(29-18)21(27)25-11-9-24(10-12-25)13-20(26)23-16-3-4-16/h1-2,5-8,16H,3-4,9-14H2,(H,23,26). The van der Waals surface area contributed by atoms with Crippen LogP contribution in [0.25, 0.3) is 0 Å². The molecule has 1 saturated heterocycles. The Morgan fingerprint density at radius 2 is 1.79 bits per heavy atom. The summed E-state index contributed by atoms with van der Waals surface area (Å²) in [7, 11) is 0. The molecule has 2 aliphatic rings. The zero-order valence-electron chi connectivity index (χ0n) is 16.1. The molecule has 1 aliphatic heterocycles. The fourth-order valence-corrected chi connectivity index (χ4v) is 3.22. The molecule has 29 heavy (non-hydrogen) atoms. The second-order valence-electron chi connectivity index (χ2n) is 7.42. The number of ether oxygens (including phenoxy) is 1. The number of furan rings is 1. The van der Waals surface area contributed by atoms with E-state index in [0.29, 0.717) is 50.3 Å². The number of carbonyl (C=O) groups excluding carboxylic acids is 2. The fourth-order valence-electron chi connectivity index (χ4n) is 3.22. The Balaban J connectivity index is 1.23. The molecule has 7 nitrogen and oxygen atoms in total. The molecule has 2 fully saturated rings. The minimum absolute atomic E-state index is 0.0594. The lowest BCUT2D eigenvalue weighted by atomic mass is 10.3. The molecule has 0 unspecified atom stereocenters. The van der Waals surface area contributed by atoms with E-state index in [1.165, 1.54) is 24.3 Å². The van der Waals surface area contributed by atoms with Crippen molar-refractivity contribution in [2.45, 2.75) is 25.5 Å². The molecule has 0 radical (unpaired) electrons. The van der Waals surface area contributed by atoms with E-state index in [-0.39, 0.29) is 30.0 Å². The van der Waals surface area contributed by atoms with Gasteiger partial charge in [-0.3, -0.25) is 14.5 Å². The first-order valence-corrected chi connectivity index (χ1v) is 9.85. The van der Waals surface area contributed by atoms with Crippen molar-refractivity contribution >= 4 is 11.8 Å². The summed E-state index contributed by atoms with van der Waals surface area (Å²) in [5.74, 6) is 0.879. The summed E-state index contributed by atoms with van der Waals surface area (Å²) >= 11 is 0. The number of nitrogens with zero attached hydrogens (tertiary/aromatic N) is 2. The van der Waals surface area contributed by atoms with Gasteiger partial charge in [0.25, 0.3) is 5.91 Å². The second kappa shape index (κ2) is 8.65. The molecular weight excluding hydrogens is 377 g/mol. The third kappa shape index (κ3) is 5.35. The smallest absolute Gasteiger partial charge is 0.289 e. The van der Waals surface area contributed by atoms with Gasteiger partial charge in [-0.1, -0.05) is 0 Å². The zero-order chi connectivity index (χ0) is 20.2. The van der Waals surface area contributed by atoms with E-state index in [4.69, 9.17) is 9.15 Å². The first-order chi connectivity index (χ1) is 14.1. The van der Waals surface area contributed by atoms with E-state index in [2.05, 4.69) is 10.2 Å². The van der Waals surface area contributed by atoms with Crippen LogP contribution in [0.1, 0.15) is 29.2 Å². The predicted octanol–water partition coefficient (Wildman–Crippen LogP) is 2.03. The van der Waals surface area contributed by atoms with Gasteiger partial charge in [0.1, 0.15) is 23.9 Å². The van der Waals surface area contributed by atoms with E-state index in [9.17, 15) is 14.0 Å². The zero-order valence-corrected chi connectivity index (χ0v) is 16.1. The summed E-state index contributed by atoms with van der Waals surface area (Å²) in [5.41, 5.74) is 0. The van der Waals surface area contributed by atoms with Crippen LogP contribution in [0.2, 0.25) is 0 Å². The molecule has 1 aliphatic carbocycles. The third-order valence-corrected chi connectivity index (χ3v) is 5.04. The normalized spacial score (nSPS) is 17.2. The number of nitrogens with one attached hydrogen (secondary N) is 1. The van der Waals surface area contributed by atoms with Crippen molar-refractivity contribution in [3.8, 4) is 5.75 Å². The van der Waals surface area contributed by atoms with Crippen LogP contribution in [-0.4, -0.2) is 60.4 Å².